The van der Waals surface area contributed by atoms with Gasteiger partial charge in [-0.3, -0.25) is 15.1 Å². The van der Waals surface area contributed by atoms with E-state index in [0.29, 0.717) is 29.2 Å². The van der Waals surface area contributed by atoms with Gasteiger partial charge in [0.05, 0.1) is 16.6 Å². The highest BCUT2D eigenvalue weighted by Crippen LogP contribution is 2.31. The van der Waals surface area contributed by atoms with Crippen LogP contribution >= 0.6 is 0 Å². The fraction of sp³-hybridized carbons (Fsp3) is 0.278. The Balaban J connectivity index is 1.57. The van der Waals surface area contributed by atoms with Crippen LogP contribution in [0.3, 0.4) is 0 Å². The van der Waals surface area contributed by atoms with Gasteiger partial charge in [0.15, 0.2) is 0 Å². The summed E-state index contributed by atoms with van der Waals surface area (Å²) in [6.45, 7) is 1.28. The standard InChI is InChI=1S/C18H17N5O4/c24-23(25)16-9-12(5-6-15(16)20-11-14-4-2-8-26-14)17-21-18(27-22-17)13-3-1-7-19-10-13/h1,3,5-7,9-10,14,20H,2,4,8,11H2/t14-/m1/s1. The molecule has 9 nitrogen and oxygen atoms in total. The lowest BCUT2D eigenvalue weighted by Crippen LogP contribution is -2.18. The molecule has 1 aliphatic heterocycles. The average molecular weight is 367 g/mol. The van der Waals surface area contributed by atoms with E-state index >= 15 is 0 Å². The molecular weight excluding hydrogens is 350 g/mol. The Hall–Kier alpha value is -3.33. The van der Waals surface area contributed by atoms with E-state index in [0.717, 1.165) is 19.4 Å². The first-order chi connectivity index (χ1) is 13.2. The molecule has 0 aliphatic carbocycles. The van der Waals surface area contributed by atoms with Crippen LogP contribution in [0.4, 0.5) is 11.4 Å². The van der Waals surface area contributed by atoms with E-state index < -0.39 is 4.92 Å². The third-order valence-corrected chi connectivity index (χ3v) is 4.33. The number of nitro benzene ring substituents is 1. The van der Waals surface area contributed by atoms with Gasteiger partial charge in [0.25, 0.3) is 11.6 Å². The van der Waals surface area contributed by atoms with Crippen molar-refractivity contribution in [2.24, 2.45) is 0 Å². The molecule has 0 radical (unpaired) electrons. The van der Waals surface area contributed by atoms with Gasteiger partial charge in [-0.2, -0.15) is 4.98 Å². The number of rotatable bonds is 6. The number of benzene rings is 1. The first-order valence-electron chi connectivity index (χ1n) is 8.59. The smallest absolute Gasteiger partial charge is 0.293 e. The number of hydrogen-bond donors (Lipinski definition) is 1. The summed E-state index contributed by atoms with van der Waals surface area (Å²) in [5.74, 6) is 0.587. The molecule has 1 N–H and O–H groups in total. The number of hydrogen-bond acceptors (Lipinski definition) is 8. The van der Waals surface area contributed by atoms with Crippen molar-refractivity contribution in [3.05, 3.63) is 52.8 Å². The third-order valence-electron chi connectivity index (χ3n) is 4.33. The number of pyridine rings is 1. The van der Waals surface area contributed by atoms with Crippen molar-refractivity contribution in [1.29, 1.82) is 0 Å². The van der Waals surface area contributed by atoms with Crippen molar-refractivity contribution < 1.29 is 14.2 Å². The molecule has 138 valence electrons. The normalized spacial score (nSPS) is 16.4. The lowest BCUT2D eigenvalue weighted by Gasteiger charge is -2.12. The van der Waals surface area contributed by atoms with Gasteiger partial charge < -0.3 is 14.6 Å². The van der Waals surface area contributed by atoms with Gasteiger partial charge in [-0.05, 0) is 37.1 Å². The second-order valence-electron chi connectivity index (χ2n) is 6.17. The summed E-state index contributed by atoms with van der Waals surface area (Å²) < 4.78 is 10.8. The maximum atomic E-state index is 11.5. The quantitative estimate of drug-likeness (QED) is 0.521. The summed E-state index contributed by atoms with van der Waals surface area (Å²) in [7, 11) is 0. The zero-order valence-corrected chi connectivity index (χ0v) is 14.4. The molecule has 0 amide bonds. The summed E-state index contributed by atoms with van der Waals surface area (Å²) in [5.41, 5.74) is 1.58. The van der Waals surface area contributed by atoms with E-state index in [-0.39, 0.29) is 17.6 Å². The molecule has 1 aliphatic rings. The van der Waals surface area contributed by atoms with E-state index in [2.05, 4.69) is 20.4 Å². The molecule has 3 heterocycles. The van der Waals surface area contributed by atoms with Crippen molar-refractivity contribution in [3.63, 3.8) is 0 Å². The van der Waals surface area contributed by atoms with E-state index in [1.54, 1.807) is 36.7 Å². The second kappa shape index (κ2) is 7.50. The van der Waals surface area contributed by atoms with Gasteiger partial charge in [0.1, 0.15) is 5.69 Å². The Morgan fingerprint density at radius 1 is 1.30 bits per heavy atom. The van der Waals surface area contributed by atoms with Crippen LogP contribution in [-0.4, -0.2) is 39.3 Å². The Morgan fingerprint density at radius 2 is 2.22 bits per heavy atom. The van der Waals surface area contributed by atoms with Crippen LogP contribution in [0, 0.1) is 10.1 Å². The second-order valence-corrected chi connectivity index (χ2v) is 6.17. The summed E-state index contributed by atoms with van der Waals surface area (Å²) in [5, 5.41) is 18.5. The largest absolute Gasteiger partial charge is 0.377 e. The summed E-state index contributed by atoms with van der Waals surface area (Å²) in [4.78, 5) is 19.4. The van der Waals surface area contributed by atoms with Gasteiger partial charge >= 0.3 is 0 Å². The zero-order chi connectivity index (χ0) is 18.6. The van der Waals surface area contributed by atoms with Crippen molar-refractivity contribution in [2.75, 3.05) is 18.5 Å². The van der Waals surface area contributed by atoms with Gasteiger partial charge in [-0.1, -0.05) is 5.16 Å². The lowest BCUT2D eigenvalue weighted by atomic mass is 10.1. The Kier molecular flexibility index (Phi) is 4.75. The Morgan fingerprint density at radius 3 is 2.96 bits per heavy atom. The maximum Gasteiger partial charge on any atom is 0.293 e. The molecule has 27 heavy (non-hydrogen) atoms. The van der Waals surface area contributed by atoms with E-state index in [1.807, 2.05) is 0 Å². The predicted molar refractivity (Wildman–Crippen MR) is 97.1 cm³/mol. The molecule has 0 unspecified atom stereocenters. The first-order valence-corrected chi connectivity index (χ1v) is 8.59. The predicted octanol–water partition coefficient (Wildman–Crippen LogP) is 3.30. The minimum atomic E-state index is -0.427. The molecule has 0 bridgehead atoms. The fourth-order valence-corrected chi connectivity index (χ4v) is 2.95. The van der Waals surface area contributed by atoms with Crippen molar-refractivity contribution in [3.8, 4) is 22.8 Å². The van der Waals surface area contributed by atoms with Gasteiger partial charge in [-0.15, -0.1) is 0 Å². The highest BCUT2D eigenvalue weighted by molar-refractivity contribution is 5.71. The summed E-state index contributed by atoms with van der Waals surface area (Å²) in [6, 6.07) is 8.38. The molecule has 3 aromatic rings. The lowest BCUT2D eigenvalue weighted by molar-refractivity contribution is -0.383. The number of nitrogens with one attached hydrogen (secondary N) is 1. The van der Waals surface area contributed by atoms with Crippen LogP contribution in [-0.2, 0) is 4.74 Å². The number of nitrogens with zero attached hydrogens (tertiary/aromatic N) is 4. The molecule has 0 saturated carbocycles. The van der Waals surface area contributed by atoms with E-state index in [4.69, 9.17) is 9.26 Å². The highest BCUT2D eigenvalue weighted by atomic mass is 16.6. The maximum absolute atomic E-state index is 11.5. The molecule has 9 heteroatoms. The fourth-order valence-electron chi connectivity index (χ4n) is 2.95. The number of nitro groups is 1. The van der Waals surface area contributed by atoms with Crippen LogP contribution in [0.5, 0.6) is 0 Å². The molecule has 0 spiro atoms. The molecule has 2 aromatic heterocycles. The van der Waals surface area contributed by atoms with Crippen molar-refractivity contribution >= 4 is 11.4 Å². The van der Waals surface area contributed by atoms with Crippen molar-refractivity contribution in [2.45, 2.75) is 18.9 Å². The highest BCUT2D eigenvalue weighted by Gasteiger charge is 2.20. The first kappa shape index (κ1) is 17.1. The number of aromatic nitrogens is 3. The Labute approximate surface area is 154 Å². The van der Waals surface area contributed by atoms with E-state index in [1.165, 1.54) is 6.07 Å². The topological polar surface area (TPSA) is 116 Å². The van der Waals surface area contributed by atoms with Gasteiger partial charge in [0.2, 0.25) is 5.82 Å². The number of ether oxygens (including phenoxy) is 1. The third kappa shape index (κ3) is 3.77. The molecule has 1 saturated heterocycles. The SMILES string of the molecule is O=[N+]([O-])c1cc(-c2noc(-c3cccnc3)n2)ccc1NC[C@H]1CCCO1. The van der Waals surface area contributed by atoms with Crippen LogP contribution in [0.2, 0.25) is 0 Å². The molecule has 1 fully saturated rings. The minimum Gasteiger partial charge on any atom is -0.377 e. The van der Waals surface area contributed by atoms with Gasteiger partial charge in [0, 0.05) is 37.2 Å². The zero-order valence-electron chi connectivity index (χ0n) is 14.4. The van der Waals surface area contributed by atoms with Gasteiger partial charge in [-0.25, -0.2) is 0 Å². The molecule has 1 aromatic carbocycles. The van der Waals surface area contributed by atoms with Crippen LogP contribution < -0.4 is 5.32 Å². The minimum absolute atomic E-state index is 0.0433. The molecule has 4 rings (SSSR count). The average Bonchev–Trinajstić information content (AvgIpc) is 3.39. The summed E-state index contributed by atoms with van der Waals surface area (Å²) >= 11 is 0. The monoisotopic (exact) mass is 367 g/mol. The molecular formula is C18H17N5O4. The van der Waals surface area contributed by atoms with Crippen LogP contribution in [0.25, 0.3) is 22.8 Å². The Bertz CT molecular complexity index is 938. The number of anilines is 1. The van der Waals surface area contributed by atoms with E-state index in [9.17, 15) is 10.1 Å². The van der Waals surface area contributed by atoms with Crippen LogP contribution in [0.15, 0.2) is 47.2 Å². The summed E-state index contributed by atoms with van der Waals surface area (Å²) in [6.07, 6.45) is 5.32. The van der Waals surface area contributed by atoms with Crippen molar-refractivity contribution in [1.82, 2.24) is 15.1 Å². The van der Waals surface area contributed by atoms with Crippen LogP contribution in [0.1, 0.15) is 12.8 Å². The molecule has 1 atom stereocenters.